The zero-order valence-electron chi connectivity index (χ0n) is 13.8. The third-order valence-corrected chi connectivity index (χ3v) is 5.37. The first-order valence-electron chi connectivity index (χ1n) is 8.18. The van der Waals surface area contributed by atoms with Gasteiger partial charge in [-0.2, -0.15) is 0 Å². The van der Waals surface area contributed by atoms with Crippen LogP contribution in [0.15, 0.2) is 30.3 Å². The monoisotopic (exact) mass is 278 g/mol. The molecule has 0 saturated heterocycles. The Labute approximate surface area is 129 Å². The number of aryl methyl sites for hydroxylation is 3. The van der Waals surface area contributed by atoms with E-state index in [-0.39, 0.29) is 0 Å². The molecule has 21 heavy (non-hydrogen) atoms. The van der Waals surface area contributed by atoms with E-state index in [1.807, 2.05) is 0 Å². The fraction of sp³-hybridized carbons (Fsp3) is 0.429. The van der Waals surface area contributed by atoms with E-state index in [9.17, 15) is 0 Å². The normalized spacial score (nSPS) is 17.0. The molecule has 1 unspecified atom stereocenters. The average molecular weight is 278 g/mol. The van der Waals surface area contributed by atoms with Crippen molar-refractivity contribution in [3.05, 3.63) is 69.3 Å². The van der Waals surface area contributed by atoms with E-state index in [0.29, 0.717) is 0 Å². The maximum absolute atomic E-state index is 2.39. The first-order valence-corrected chi connectivity index (χ1v) is 8.18. The highest BCUT2D eigenvalue weighted by molar-refractivity contribution is 5.39. The Morgan fingerprint density at radius 1 is 0.857 bits per heavy atom. The van der Waals surface area contributed by atoms with E-state index in [2.05, 4.69) is 58.0 Å². The lowest BCUT2D eigenvalue weighted by molar-refractivity contribution is 0.514. The first kappa shape index (κ1) is 14.4. The minimum absolute atomic E-state index is 0.836. The maximum Gasteiger partial charge on any atom is -0.0244 e. The van der Waals surface area contributed by atoms with Crippen molar-refractivity contribution in [1.29, 1.82) is 0 Å². The predicted molar refractivity (Wildman–Crippen MR) is 91.1 cm³/mol. The lowest BCUT2D eigenvalue weighted by atomic mass is 9.92. The topological polar surface area (TPSA) is 0 Å². The van der Waals surface area contributed by atoms with E-state index in [4.69, 9.17) is 0 Å². The Bertz CT molecular complexity index is 664. The number of benzene rings is 2. The molecular weight excluding hydrogens is 252 g/mol. The smallest absolute Gasteiger partial charge is 0.0244 e. The molecule has 0 fully saturated rings. The second-order valence-electron chi connectivity index (χ2n) is 6.88. The molecule has 2 aromatic rings. The van der Waals surface area contributed by atoms with Crippen LogP contribution in [0.5, 0.6) is 0 Å². The molecule has 0 saturated carbocycles. The van der Waals surface area contributed by atoms with Crippen molar-refractivity contribution in [2.45, 2.75) is 53.4 Å². The van der Waals surface area contributed by atoms with Crippen LogP contribution >= 0.6 is 0 Å². The van der Waals surface area contributed by atoms with Gasteiger partial charge in [0.05, 0.1) is 0 Å². The average Bonchev–Trinajstić information content (AvgIpc) is 2.86. The van der Waals surface area contributed by atoms with Gasteiger partial charge >= 0.3 is 0 Å². The fourth-order valence-electron chi connectivity index (χ4n) is 3.68. The summed E-state index contributed by atoms with van der Waals surface area (Å²) >= 11 is 0. The van der Waals surface area contributed by atoms with Gasteiger partial charge in [0.2, 0.25) is 0 Å². The number of hydrogen-bond donors (Lipinski definition) is 0. The molecule has 0 spiro atoms. The summed E-state index contributed by atoms with van der Waals surface area (Å²) in [6.07, 6.45) is 5.10. The molecular formula is C21H26. The van der Waals surface area contributed by atoms with Gasteiger partial charge in [0, 0.05) is 0 Å². The Morgan fingerprint density at radius 2 is 1.62 bits per heavy atom. The van der Waals surface area contributed by atoms with Gasteiger partial charge in [0.1, 0.15) is 0 Å². The summed E-state index contributed by atoms with van der Waals surface area (Å²) in [5.41, 5.74) is 10.5. The molecule has 3 rings (SSSR count). The minimum Gasteiger partial charge on any atom is -0.0590 e. The Balaban J connectivity index is 1.66. The summed E-state index contributed by atoms with van der Waals surface area (Å²) in [5.74, 6) is 0.836. The molecule has 0 N–H and O–H groups in total. The minimum atomic E-state index is 0.836. The quantitative estimate of drug-likeness (QED) is 0.717. The van der Waals surface area contributed by atoms with Crippen molar-refractivity contribution in [2.75, 3.05) is 0 Å². The lowest BCUT2D eigenvalue weighted by Crippen LogP contribution is -2.03. The van der Waals surface area contributed by atoms with Gasteiger partial charge in [-0.25, -0.2) is 0 Å². The van der Waals surface area contributed by atoms with Crippen molar-refractivity contribution in [2.24, 2.45) is 5.92 Å². The molecule has 0 nitrogen and oxygen atoms in total. The van der Waals surface area contributed by atoms with E-state index in [0.717, 1.165) is 5.92 Å². The molecule has 2 aromatic carbocycles. The summed E-state index contributed by atoms with van der Waals surface area (Å²) < 4.78 is 0. The van der Waals surface area contributed by atoms with Crippen molar-refractivity contribution in [1.82, 2.24) is 0 Å². The second-order valence-corrected chi connectivity index (χ2v) is 6.88. The van der Waals surface area contributed by atoms with Crippen LogP contribution in [0.3, 0.4) is 0 Å². The maximum atomic E-state index is 2.39. The highest BCUT2D eigenvalue weighted by Gasteiger charge is 2.21. The van der Waals surface area contributed by atoms with Gasteiger partial charge in [-0.3, -0.25) is 0 Å². The van der Waals surface area contributed by atoms with E-state index >= 15 is 0 Å². The fourth-order valence-corrected chi connectivity index (χ4v) is 3.68. The van der Waals surface area contributed by atoms with Crippen molar-refractivity contribution in [3.63, 3.8) is 0 Å². The van der Waals surface area contributed by atoms with Crippen LogP contribution < -0.4 is 0 Å². The second kappa shape index (κ2) is 5.67. The summed E-state index contributed by atoms with van der Waals surface area (Å²) in [6.45, 7) is 8.95. The highest BCUT2D eigenvalue weighted by Crippen LogP contribution is 2.31. The number of hydrogen-bond acceptors (Lipinski definition) is 0. The first-order chi connectivity index (χ1) is 10.0. The summed E-state index contributed by atoms with van der Waals surface area (Å²) in [7, 11) is 0. The predicted octanol–water partition coefficient (Wildman–Crippen LogP) is 5.27. The van der Waals surface area contributed by atoms with Gasteiger partial charge in [-0.15, -0.1) is 0 Å². The van der Waals surface area contributed by atoms with Gasteiger partial charge < -0.3 is 0 Å². The Kier molecular flexibility index (Phi) is 3.89. The zero-order chi connectivity index (χ0) is 15.0. The third-order valence-electron chi connectivity index (χ3n) is 5.37. The summed E-state index contributed by atoms with van der Waals surface area (Å²) in [6, 6.07) is 11.6. The van der Waals surface area contributed by atoms with E-state index in [1.54, 1.807) is 16.7 Å². The highest BCUT2D eigenvalue weighted by atomic mass is 14.3. The molecule has 0 bridgehead atoms. The standard InChI is InChI=1S/C21H26/c1-14-5-8-20-12-18(13-21(20)11-14)7-10-19-9-6-15(2)16(3)17(19)4/h5-6,8-9,11,18H,7,10,12-13H2,1-4H3. The van der Waals surface area contributed by atoms with Gasteiger partial charge in [0.15, 0.2) is 0 Å². The van der Waals surface area contributed by atoms with Crippen molar-refractivity contribution < 1.29 is 0 Å². The Morgan fingerprint density at radius 3 is 2.43 bits per heavy atom. The van der Waals surface area contributed by atoms with Crippen LogP contribution in [-0.2, 0) is 19.3 Å². The van der Waals surface area contributed by atoms with Crippen LogP contribution in [0, 0.1) is 33.6 Å². The van der Waals surface area contributed by atoms with E-state index in [1.165, 1.54) is 47.9 Å². The molecule has 0 aromatic heterocycles. The van der Waals surface area contributed by atoms with Crippen molar-refractivity contribution >= 4 is 0 Å². The molecule has 0 heterocycles. The van der Waals surface area contributed by atoms with Gasteiger partial charge in [-0.05, 0) is 92.7 Å². The SMILES string of the molecule is Cc1ccc2c(c1)CC(CCc1ccc(C)c(C)c1C)C2. The van der Waals surface area contributed by atoms with E-state index < -0.39 is 0 Å². The number of rotatable bonds is 3. The molecule has 0 aliphatic heterocycles. The Hall–Kier alpha value is -1.56. The third kappa shape index (κ3) is 2.90. The van der Waals surface area contributed by atoms with Crippen LogP contribution in [0.25, 0.3) is 0 Å². The molecule has 0 radical (unpaired) electrons. The largest absolute Gasteiger partial charge is 0.0590 e. The van der Waals surface area contributed by atoms with Crippen molar-refractivity contribution in [3.8, 4) is 0 Å². The molecule has 0 amide bonds. The van der Waals surface area contributed by atoms with Crippen LogP contribution in [0.1, 0.15) is 45.4 Å². The van der Waals surface area contributed by atoms with Crippen LogP contribution in [0.2, 0.25) is 0 Å². The van der Waals surface area contributed by atoms with Gasteiger partial charge in [0.25, 0.3) is 0 Å². The molecule has 1 aliphatic rings. The van der Waals surface area contributed by atoms with Gasteiger partial charge in [-0.1, -0.05) is 35.9 Å². The molecule has 1 atom stereocenters. The summed E-state index contributed by atoms with van der Waals surface area (Å²) in [4.78, 5) is 0. The number of fused-ring (bicyclic) bond motifs is 1. The van der Waals surface area contributed by atoms with Crippen LogP contribution in [-0.4, -0.2) is 0 Å². The molecule has 0 heteroatoms. The summed E-state index contributed by atoms with van der Waals surface area (Å²) in [5, 5.41) is 0. The zero-order valence-corrected chi connectivity index (χ0v) is 13.8. The molecule has 1 aliphatic carbocycles. The molecule has 110 valence electrons. The lowest BCUT2D eigenvalue weighted by Gasteiger charge is -2.13. The van der Waals surface area contributed by atoms with Crippen LogP contribution in [0.4, 0.5) is 0 Å².